The number of nitrogens with zero attached hydrogens (tertiary/aromatic N) is 1. The molecule has 1 unspecified atom stereocenters. The van der Waals surface area contributed by atoms with Crippen molar-refractivity contribution in [1.29, 1.82) is 0 Å². The summed E-state index contributed by atoms with van der Waals surface area (Å²) in [5, 5.41) is 3.60. The van der Waals surface area contributed by atoms with Gasteiger partial charge in [-0.05, 0) is 46.1 Å². The molecule has 0 amide bonds. The van der Waals surface area contributed by atoms with Crippen molar-refractivity contribution in [2.75, 3.05) is 13.1 Å². The van der Waals surface area contributed by atoms with E-state index in [1.54, 1.807) is 0 Å². The van der Waals surface area contributed by atoms with Crippen LogP contribution in [0.4, 0.5) is 0 Å². The number of piperidine rings is 1. The lowest BCUT2D eigenvalue weighted by atomic mass is 9.96. The lowest BCUT2D eigenvalue weighted by Gasteiger charge is -2.40. The lowest BCUT2D eigenvalue weighted by molar-refractivity contribution is 0.0936. The van der Waals surface area contributed by atoms with Crippen LogP contribution in [0.25, 0.3) is 0 Å². The minimum atomic E-state index is 0.776. The summed E-state index contributed by atoms with van der Waals surface area (Å²) in [6, 6.07) is 2.39. The van der Waals surface area contributed by atoms with Gasteiger partial charge >= 0.3 is 0 Å². The molecule has 2 rings (SSSR count). The Labute approximate surface area is 88.1 Å². The van der Waals surface area contributed by atoms with E-state index in [0.29, 0.717) is 0 Å². The molecule has 0 aromatic rings. The van der Waals surface area contributed by atoms with Crippen LogP contribution in [0, 0.1) is 0 Å². The molecule has 0 bridgehead atoms. The molecule has 3 atom stereocenters. The molecule has 0 aliphatic carbocycles. The van der Waals surface area contributed by atoms with Crippen molar-refractivity contribution >= 4 is 0 Å². The predicted molar refractivity (Wildman–Crippen MR) is 60.5 cm³/mol. The highest BCUT2D eigenvalue weighted by atomic mass is 15.2. The number of likely N-dealkylation sites (tertiary alicyclic amines) is 1. The minimum Gasteiger partial charge on any atom is -0.313 e. The highest BCUT2D eigenvalue weighted by molar-refractivity contribution is 4.85. The number of hydrogen-bond donors (Lipinski definition) is 1. The maximum absolute atomic E-state index is 3.60. The fourth-order valence-electron chi connectivity index (χ4n) is 3.00. The standard InChI is InChI=1S/C12H24N2/c1-10-5-3-6-11(2)14(10)9-12-7-4-8-13-12/h10-13H,3-9H2,1-2H3/t10-,11+,12?. The monoisotopic (exact) mass is 196 g/mol. The zero-order chi connectivity index (χ0) is 9.97. The molecule has 2 saturated heterocycles. The van der Waals surface area contributed by atoms with Crippen LogP contribution in [0.1, 0.15) is 46.0 Å². The Kier molecular flexibility index (Phi) is 3.45. The van der Waals surface area contributed by atoms with Crippen molar-refractivity contribution in [1.82, 2.24) is 10.2 Å². The van der Waals surface area contributed by atoms with Crippen molar-refractivity contribution in [3.8, 4) is 0 Å². The van der Waals surface area contributed by atoms with Gasteiger partial charge in [0, 0.05) is 24.7 Å². The van der Waals surface area contributed by atoms with Gasteiger partial charge in [-0.25, -0.2) is 0 Å². The molecule has 0 saturated carbocycles. The molecule has 2 fully saturated rings. The third-order valence-electron chi connectivity index (χ3n) is 3.97. The molecular formula is C12H24N2. The highest BCUT2D eigenvalue weighted by Gasteiger charge is 2.27. The van der Waals surface area contributed by atoms with Gasteiger partial charge in [0.15, 0.2) is 0 Å². The van der Waals surface area contributed by atoms with Crippen LogP contribution < -0.4 is 5.32 Å². The van der Waals surface area contributed by atoms with Crippen LogP contribution in [0.15, 0.2) is 0 Å². The molecule has 1 N–H and O–H groups in total. The van der Waals surface area contributed by atoms with Crippen molar-refractivity contribution in [2.24, 2.45) is 0 Å². The zero-order valence-electron chi connectivity index (χ0n) is 9.63. The first kappa shape index (κ1) is 10.4. The fourth-order valence-corrected chi connectivity index (χ4v) is 3.00. The number of hydrogen-bond acceptors (Lipinski definition) is 2. The first-order valence-electron chi connectivity index (χ1n) is 6.26. The molecule has 2 aliphatic heterocycles. The molecule has 0 aromatic carbocycles. The summed E-state index contributed by atoms with van der Waals surface area (Å²) in [4.78, 5) is 2.71. The SMILES string of the molecule is C[C@@H]1CCC[C@H](C)N1CC1CCCN1. The molecule has 2 heteroatoms. The maximum Gasteiger partial charge on any atom is 0.0195 e. The maximum atomic E-state index is 3.60. The van der Waals surface area contributed by atoms with Crippen LogP contribution in [-0.2, 0) is 0 Å². The Morgan fingerprint density at radius 1 is 1.07 bits per heavy atom. The van der Waals surface area contributed by atoms with E-state index in [0.717, 1.165) is 18.1 Å². The molecule has 2 nitrogen and oxygen atoms in total. The van der Waals surface area contributed by atoms with E-state index in [-0.39, 0.29) is 0 Å². The van der Waals surface area contributed by atoms with E-state index < -0.39 is 0 Å². The van der Waals surface area contributed by atoms with Gasteiger partial charge < -0.3 is 5.32 Å². The van der Waals surface area contributed by atoms with Gasteiger partial charge in [-0.1, -0.05) is 6.42 Å². The Morgan fingerprint density at radius 3 is 2.36 bits per heavy atom. The molecular weight excluding hydrogens is 172 g/mol. The number of rotatable bonds is 2. The summed E-state index contributed by atoms with van der Waals surface area (Å²) >= 11 is 0. The Balaban J connectivity index is 1.86. The van der Waals surface area contributed by atoms with Crippen molar-refractivity contribution < 1.29 is 0 Å². The lowest BCUT2D eigenvalue weighted by Crippen LogP contribution is -2.49. The normalized spacial score (nSPS) is 40.3. The van der Waals surface area contributed by atoms with E-state index >= 15 is 0 Å². The van der Waals surface area contributed by atoms with E-state index in [1.807, 2.05) is 0 Å². The summed E-state index contributed by atoms with van der Waals surface area (Å²) in [7, 11) is 0. The smallest absolute Gasteiger partial charge is 0.0195 e. The molecule has 0 radical (unpaired) electrons. The van der Waals surface area contributed by atoms with Crippen LogP contribution in [-0.4, -0.2) is 36.1 Å². The third kappa shape index (κ3) is 2.29. The van der Waals surface area contributed by atoms with E-state index in [4.69, 9.17) is 0 Å². The van der Waals surface area contributed by atoms with Crippen LogP contribution in [0.5, 0.6) is 0 Å². The molecule has 2 heterocycles. The van der Waals surface area contributed by atoms with Crippen LogP contribution in [0.3, 0.4) is 0 Å². The van der Waals surface area contributed by atoms with Crippen molar-refractivity contribution in [3.63, 3.8) is 0 Å². The summed E-state index contributed by atoms with van der Waals surface area (Å²) < 4.78 is 0. The van der Waals surface area contributed by atoms with Crippen molar-refractivity contribution in [3.05, 3.63) is 0 Å². The molecule has 2 aliphatic rings. The second kappa shape index (κ2) is 4.63. The molecule has 0 spiro atoms. The quantitative estimate of drug-likeness (QED) is 0.726. The Morgan fingerprint density at radius 2 is 1.79 bits per heavy atom. The average Bonchev–Trinajstić information content (AvgIpc) is 2.64. The average molecular weight is 196 g/mol. The van der Waals surface area contributed by atoms with Gasteiger partial charge in [-0.3, -0.25) is 4.90 Å². The molecule has 0 aromatic heterocycles. The van der Waals surface area contributed by atoms with Crippen molar-refractivity contribution in [2.45, 2.75) is 64.1 Å². The second-order valence-corrected chi connectivity index (χ2v) is 5.12. The first-order valence-corrected chi connectivity index (χ1v) is 6.26. The minimum absolute atomic E-state index is 0.776. The highest BCUT2D eigenvalue weighted by Crippen LogP contribution is 2.23. The summed E-state index contributed by atoms with van der Waals surface area (Å²) in [6.45, 7) is 7.30. The molecule has 14 heavy (non-hydrogen) atoms. The van der Waals surface area contributed by atoms with Gasteiger partial charge in [0.05, 0.1) is 0 Å². The summed E-state index contributed by atoms with van der Waals surface area (Å²) in [5.74, 6) is 0. The number of nitrogens with one attached hydrogen (secondary N) is 1. The van der Waals surface area contributed by atoms with Gasteiger partial charge in [0.25, 0.3) is 0 Å². The van der Waals surface area contributed by atoms with Gasteiger partial charge in [-0.15, -0.1) is 0 Å². The van der Waals surface area contributed by atoms with Crippen LogP contribution >= 0.6 is 0 Å². The summed E-state index contributed by atoms with van der Waals surface area (Å²) in [6.07, 6.45) is 6.99. The van der Waals surface area contributed by atoms with E-state index in [1.165, 1.54) is 45.2 Å². The largest absolute Gasteiger partial charge is 0.313 e. The van der Waals surface area contributed by atoms with E-state index in [9.17, 15) is 0 Å². The predicted octanol–water partition coefficient (Wildman–Crippen LogP) is 2.00. The second-order valence-electron chi connectivity index (χ2n) is 5.12. The Bertz CT molecular complexity index is 165. The summed E-state index contributed by atoms with van der Waals surface area (Å²) in [5.41, 5.74) is 0. The molecule has 82 valence electrons. The Hall–Kier alpha value is -0.0800. The van der Waals surface area contributed by atoms with Crippen LogP contribution in [0.2, 0.25) is 0 Å². The fraction of sp³-hybridized carbons (Fsp3) is 1.00. The van der Waals surface area contributed by atoms with Gasteiger partial charge in [0.1, 0.15) is 0 Å². The van der Waals surface area contributed by atoms with E-state index in [2.05, 4.69) is 24.1 Å². The topological polar surface area (TPSA) is 15.3 Å². The first-order chi connectivity index (χ1) is 6.77. The van der Waals surface area contributed by atoms with Gasteiger partial charge in [-0.2, -0.15) is 0 Å². The zero-order valence-corrected chi connectivity index (χ0v) is 9.63. The third-order valence-corrected chi connectivity index (χ3v) is 3.97. The van der Waals surface area contributed by atoms with Gasteiger partial charge in [0.2, 0.25) is 0 Å².